The first kappa shape index (κ1) is 12.1. The summed E-state index contributed by atoms with van der Waals surface area (Å²) in [6.07, 6.45) is -2.09. The summed E-state index contributed by atoms with van der Waals surface area (Å²) < 4.78 is 5.71. The van der Waals surface area contributed by atoms with Gasteiger partial charge in [0.25, 0.3) is 0 Å². The monoisotopic (exact) mass is 247 g/mol. The fourth-order valence-corrected chi connectivity index (χ4v) is 3.06. The molecule has 5 atom stereocenters. The van der Waals surface area contributed by atoms with Gasteiger partial charge in [0.05, 0.1) is 6.04 Å². The van der Waals surface area contributed by atoms with Gasteiger partial charge in [-0.3, -0.25) is 4.99 Å². The first-order valence-corrected chi connectivity index (χ1v) is 6.11. The highest BCUT2D eigenvalue weighted by atomic mass is 32.2. The Morgan fingerprint density at radius 3 is 2.88 bits per heavy atom. The fourth-order valence-electron chi connectivity index (χ4n) is 1.96. The molecular weight excluding hydrogens is 230 g/mol. The van der Waals surface area contributed by atoms with Crippen LogP contribution in [-0.2, 0) is 4.74 Å². The number of likely N-dealkylation sites (N-methyl/N-ethyl adjacent to an activating group) is 1. The van der Waals surface area contributed by atoms with E-state index in [0.717, 1.165) is 5.17 Å². The molecule has 2 aliphatic rings. The zero-order valence-corrected chi connectivity index (χ0v) is 10.1. The summed E-state index contributed by atoms with van der Waals surface area (Å²) in [5.41, 5.74) is -0.185. The van der Waals surface area contributed by atoms with Crippen molar-refractivity contribution in [2.45, 2.75) is 29.8 Å². The Morgan fingerprint density at radius 1 is 1.50 bits per heavy atom. The molecule has 6 nitrogen and oxygen atoms in total. The van der Waals surface area contributed by atoms with Gasteiger partial charge in [-0.15, -0.1) is 0 Å². The van der Waals surface area contributed by atoms with Crippen molar-refractivity contribution in [2.24, 2.45) is 4.99 Å². The van der Waals surface area contributed by atoms with Crippen LogP contribution < -0.4 is 10.6 Å². The summed E-state index contributed by atoms with van der Waals surface area (Å²) in [7, 11) is 3.47. The number of hydrogen-bond donors (Lipinski definition) is 4. The van der Waals surface area contributed by atoms with Gasteiger partial charge >= 0.3 is 0 Å². The average Bonchev–Trinajstić information content (AvgIpc) is 2.69. The minimum Gasteiger partial charge on any atom is -0.388 e. The third-order valence-corrected chi connectivity index (χ3v) is 3.99. The molecule has 4 N–H and O–H groups in total. The Kier molecular flexibility index (Phi) is 3.70. The van der Waals surface area contributed by atoms with Gasteiger partial charge in [0.15, 0.2) is 5.17 Å². The largest absolute Gasteiger partial charge is 0.388 e. The molecule has 0 radical (unpaired) electrons. The number of thioether (sulfide) groups is 1. The summed E-state index contributed by atoms with van der Waals surface area (Å²) in [6, 6.07) is -0.285. The highest BCUT2D eigenvalue weighted by Gasteiger charge is 2.48. The second-order valence-corrected chi connectivity index (χ2v) is 4.99. The van der Waals surface area contributed by atoms with E-state index >= 15 is 0 Å². The van der Waals surface area contributed by atoms with Crippen molar-refractivity contribution in [3.05, 3.63) is 0 Å². The normalized spacial score (nSPS) is 45.5. The van der Waals surface area contributed by atoms with E-state index in [0.29, 0.717) is 6.54 Å². The van der Waals surface area contributed by atoms with Gasteiger partial charge in [0.2, 0.25) is 0 Å². The van der Waals surface area contributed by atoms with Crippen LogP contribution in [0.5, 0.6) is 0 Å². The standard InChI is InChI=1S/C9H17N3O3S/c1-10-3-4-6(13)7(14)5-8(15-4)16-9(11-2)12-5/h4-8,10,13-14H,3H2,1-2H3,(H,11,12). The Morgan fingerprint density at radius 2 is 2.25 bits per heavy atom. The summed E-state index contributed by atoms with van der Waals surface area (Å²) in [5.74, 6) is 0. The van der Waals surface area contributed by atoms with Crippen molar-refractivity contribution >= 4 is 16.9 Å². The van der Waals surface area contributed by atoms with Gasteiger partial charge in [0.1, 0.15) is 23.7 Å². The molecule has 0 aliphatic carbocycles. The molecular formula is C9H17N3O3S. The number of hydrogen-bond acceptors (Lipinski definition) is 6. The molecule has 0 aromatic heterocycles. The molecule has 2 aliphatic heterocycles. The van der Waals surface area contributed by atoms with E-state index in [1.54, 1.807) is 14.1 Å². The summed E-state index contributed by atoms with van der Waals surface area (Å²) in [4.78, 5) is 4.02. The van der Waals surface area contributed by atoms with Gasteiger partial charge in [-0.1, -0.05) is 11.8 Å². The number of aliphatic hydroxyl groups is 2. The molecule has 0 amide bonds. The highest BCUT2D eigenvalue weighted by molar-refractivity contribution is 8.14. The van der Waals surface area contributed by atoms with E-state index < -0.39 is 12.2 Å². The van der Waals surface area contributed by atoms with Gasteiger partial charge in [-0.2, -0.15) is 0 Å². The van der Waals surface area contributed by atoms with E-state index in [2.05, 4.69) is 15.6 Å². The SMILES string of the molecule is CN=C1NC2C(OC(CNC)C(O)C2O)S1. The molecule has 2 heterocycles. The topological polar surface area (TPSA) is 86.1 Å². The maximum atomic E-state index is 9.97. The van der Waals surface area contributed by atoms with Crippen molar-refractivity contribution in [2.75, 3.05) is 20.6 Å². The Hall–Kier alpha value is -0.340. The summed E-state index contributed by atoms with van der Waals surface area (Å²) in [5, 5.41) is 26.6. The van der Waals surface area contributed by atoms with Crippen LogP contribution in [0.25, 0.3) is 0 Å². The molecule has 7 heteroatoms. The van der Waals surface area contributed by atoms with Gasteiger partial charge in [-0.05, 0) is 7.05 Å². The molecule has 0 spiro atoms. The number of aliphatic hydroxyl groups excluding tert-OH is 2. The van der Waals surface area contributed by atoms with Crippen LogP contribution in [0.4, 0.5) is 0 Å². The number of aliphatic imine (C=N–C) groups is 1. The third kappa shape index (κ3) is 2.05. The van der Waals surface area contributed by atoms with Crippen molar-refractivity contribution in [3.63, 3.8) is 0 Å². The van der Waals surface area contributed by atoms with Crippen LogP contribution in [-0.4, -0.2) is 65.8 Å². The first-order valence-electron chi connectivity index (χ1n) is 5.23. The Balaban J connectivity index is 2.09. The summed E-state index contributed by atoms with van der Waals surface area (Å²) >= 11 is 1.45. The number of rotatable bonds is 2. The number of nitrogens with zero attached hydrogens (tertiary/aromatic N) is 1. The molecule has 0 aromatic rings. The quantitative estimate of drug-likeness (QED) is 0.467. The molecule has 5 unspecified atom stereocenters. The van der Waals surface area contributed by atoms with Crippen LogP contribution in [0, 0.1) is 0 Å². The predicted octanol–water partition coefficient (Wildman–Crippen LogP) is -1.66. The molecule has 2 fully saturated rings. The number of ether oxygens (including phenoxy) is 1. The van der Waals surface area contributed by atoms with Crippen LogP contribution in [0.15, 0.2) is 4.99 Å². The van der Waals surface area contributed by atoms with E-state index in [4.69, 9.17) is 4.74 Å². The van der Waals surface area contributed by atoms with Crippen molar-refractivity contribution in [1.29, 1.82) is 0 Å². The van der Waals surface area contributed by atoms with Crippen LogP contribution >= 0.6 is 11.8 Å². The molecule has 92 valence electrons. The average molecular weight is 247 g/mol. The molecule has 0 bridgehead atoms. The van der Waals surface area contributed by atoms with Crippen LogP contribution in [0.1, 0.15) is 0 Å². The Bertz CT molecular complexity index is 289. The van der Waals surface area contributed by atoms with Gasteiger partial charge in [-0.25, -0.2) is 0 Å². The lowest BCUT2D eigenvalue weighted by Crippen LogP contribution is -2.60. The van der Waals surface area contributed by atoms with Crippen LogP contribution in [0.3, 0.4) is 0 Å². The van der Waals surface area contributed by atoms with E-state index in [1.807, 2.05) is 0 Å². The van der Waals surface area contributed by atoms with Crippen molar-refractivity contribution < 1.29 is 14.9 Å². The zero-order valence-electron chi connectivity index (χ0n) is 9.25. The maximum absolute atomic E-state index is 9.97. The van der Waals surface area contributed by atoms with Crippen LogP contribution in [0.2, 0.25) is 0 Å². The maximum Gasteiger partial charge on any atom is 0.159 e. The molecule has 0 saturated carbocycles. The lowest BCUT2D eigenvalue weighted by atomic mass is 9.98. The van der Waals surface area contributed by atoms with Crippen molar-refractivity contribution in [3.8, 4) is 0 Å². The van der Waals surface area contributed by atoms with Crippen molar-refractivity contribution in [1.82, 2.24) is 10.6 Å². The predicted molar refractivity (Wildman–Crippen MR) is 62.5 cm³/mol. The zero-order chi connectivity index (χ0) is 11.7. The molecule has 2 saturated heterocycles. The molecule has 0 aromatic carbocycles. The lowest BCUT2D eigenvalue weighted by Gasteiger charge is -2.38. The Labute approximate surface area is 98.5 Å². The highest BCUT2D eigenvalue weighted by Crippen LogP contribution is 2.33. The fraction of sp³-hybridized carbons (Fsp3) is 0.889. The van der Waals surface area contributed by atoms with E-state index in [9.17, 15) is 10.2 Å². The number of fused-ring (bicyclic) bond motifs is 1. The molecule has 16 heavy (non-hydrogen) atoms. The second kappa shape index (κ2) is 4.89. The third-order valence-electron chi connectivity index (χ3n) is 2.83. The minimum atomic E-state index is -0.877. The van der Waals surface area contributed by atoms with Gasteiger partial charge < -0.3 is 25.6 Å². The minimum absolute atomic E-state index is 0.185. The first-order chi connectivity index (χ1) is 7.67. The van der Waals surface area contributed by atoms with E-state index in [-0.39, 0.29) is 17.6 Å². The molecule has 2 rings (SSSR count). The summed E-state index contributed by atoms with van der Waals surface area (Å²) in [6.45, 7) is 0.514. The lowest BCUT2D eigenvalue weighted by molar-refractivity contribution is -0.153. The second-order valence-electron chi connectivity index (χ2n) is 3.90. The smallest absolute Gasteiger partial charge is 0.159 e. The number of nitrogens with one attached hydrogen (secondary N) is 2. The number of amidine groups is 1. The van der Waals surface area contributed by atoms with E-state index in [1.165, 1.54) is 11.8 Å². The van der Waals surface area contributed by atoms with Gasteiger partial charge in [0, 0.05) is 13.6 Å².